The van der Waals surface area contributed by atoms with E-state index >= 15 is 0 Å². The van der Waals surface area contributed by atoms with Gasteiger partial charge >= 0.3 is 5.97 Å². The first-order valence-electron chi connectivity index (χ1n) is 7.51. The SMILES string of the molecule is O=C(Cc1ccncc1)NCC1(C(=O)O)CCCCCC1. The van der Waals surface area contributed by atoms with E-state index in [1.165, 1.54) is 0 Å². The van der Waals surface area contributed by atoms with Gasteiger partial charge in [0.25, 0.3) is 0 Å². The summed E-state index contributed by atoms with van der Waals surface area (Å²) in [6.07, 6.45) is 8.87. The van der Waals surface area contributed by atoms with Crippen molar-refractivity contribution >= 4 is 11.9 Å². The van der Waals surface area contributed by atoms with Gasteiger partial charge in [0.05, 0.1) is 11.8 Å². The summed E-state index contributed by atoms with van der Waals surface area (Å²) < 4.78 is 0. The van der Waals surface area contributed by atoms with Crippen LogP contribution >= 0.6 is 0 Å². The molecule has 114 valence electrons. The molecule has 0 aromatic carbocycles. The monoisotopic (exact) mass is 290 g/mol. The van der Waals surface area contributed by atoms with E-state index < -0.39 is 11.4 Å². The fourth-order valence-corrected chi connectivity index (χ4v) is 2.89. The number of carbonyl (C=O) groups is 2. The van der Waals surface area contributed by atoms with Crippen molar-refractivity contribution in [3.8, 4) is 0 Å². The molecule has 0 saturated heterocycles. The molecule has 0 unspecified atom stereocenters. The fraction of sp³-hybridized carbons (Fsp3) is 0.562. The Kier molecular flexibility index (Phi) is 5.31. The number of hydrogen-bond donors (Lipinski definition) is 2. The smallest absolute Gasteiger partial charge is 0.311 e. The molecule has 0 radical (unpaired) electrons. The van der Waals surface area contributed by atoms with Gasteiger partial charge in [-0.15, -0.1) is 0 Å². The third kappa shape index (κ3) is 4.28. The van der Waals surface area contributed by atoms with E-state index in [0.717, 1.165) is 31.2 Å². The number of aromatic nitrogens is 1. The van der Waals surface area contributed by atoms with Gasteiger partial charge in [-0.3, -0.25) is 14.6 Å². The molecule has 5 heteroatoms. The van der Waals surface area contributed by atoms with Crippen LogP contribution in [0.15, 0.2) is 24.5 Å². The van der Waals surface area contributed by atoms with Crippen LogP contribution in [0, 0.1) is 5.41 Å². The van der Waals surface area contributed by atoms with Crippen molar-refractivity contribution in [3.05, 3.63) is 30.1 Å². The molecule has 1 heterocycles. The first-order valence-corrected chi connectivity index (χ1v) is 7.51. The highest BCUT2D eigenvalue weighted by Gasteiger charge is 2.38. The lowest BCUT2D eigenvalue weighted by atomic mass is 9.80. The predicted octanol–water partition coefficient (Wildman–Crippen LogP) is 2.17. The van der Waals surface area contributed by atoms with Crippen LogP contribution in [0.4, 0.5) is 0 Å². The molecular weight excluding hydrogens is 268 g/mol. The Morgan fingerprint density at radius 1 is 1.14 bits per heavy atom. The van der Waals surface area contributed by atoms with E-state index in [4.69, 9.17) is 0 Å². The second kappa shape index (κ2) is 7.20. The first kappa shape index (κ1) is 15.5. The summed E-state index contributed by atoms with van der Waals surface area (Å²) in [7, 11) is 0. The van der Waals surface area contributed by atoms with Crippen LogP contribution in [0.1, 0.15) is 44.1 Å². The van der Waals surface area contributed by atoms with Gasteiger partial charge in [0.15, 0.2) is 0 Å². The minimum atomic E-state index is -0.787. The quantitative estimate of drug-likeness (QED) is 0.814. The predicted molar refractivity (Wildman–Crippen MR) is 78.7 cm³/mol. The molecule has 2 rings (SSSR count). The van der Waals surface area contributed by atoms with Crippen molar-refractivity contribution in [2.75, 3.05) is 6.54 Å². The largest absolute Gasteiger partial charge is 0.481 e. The average molecular weight is 290 g/mol. The molecule has 0 bridgehead atoms. The van der Waals surface area contributed by atoms with E-state index in [1.54, 1.807) is 24.5 Å². The zero-order chi connectivity index (χ0) is 15.1. The van der Waals surface area contributed by atoms with Crippen molar-refractivity contribution in [3.63, 3.8) is 0 Å². The Balaban J connectivity index is 1.92. The number of rotatable bonds is 5. The van der Waals surface area contributed by atoms with Crippen LogP contribution in [0.3, 0.4) is 0 Å². The Hall–Kier alpha value is -1.91. The number of carboxylic acid groups (broad SMARTS) is 1. The Morgan fingerprint density at radius 3 is 2.33 bits per heavy atom. The lowest BCUT2D eigenvalue weighted by molar-refractivity contribution is -0.149. The molecular formula is C16H22N2O3. The lowest BCUT2D eigenvalue weighted by Crippen LogP contribution is -2.43. The molecule has 1 aliphatic rings. The number of carboxylic acids is 1. The van der Waals surface area contributed by atoms with E-state index in [2.05, 4.69) is 10.3 Å². The summed E-state index contributed by atoms with van der Waals surface area (Å²) in [6, 6.07) is 3.58. The first-order chi connectivity index (χ1) is 10.1. The van der Waals surface area contributed by atoms with Gasteiger partial charge in [-0.2, -0.15) is 0 Å². The van der Waals surface area contributed by atoms with Gasteiger partial charge in [0.2, 0.25) is 5.91 Å². The van der Waals surface area contributed by atoms with Crippen molar-refractivity contribution in [2.24, 2.45) is 5.41 Å². The number of aliphatic carboxylic acids is 1. The Morgan fingerprint density at radius 2 is 1.76 bits per heavy atom. The van der Waals surface area contributed by atoms with Crippen LogP contribution in [-0.2, 0) is 16.0 Å². The molecule has 1 amide bonds. The molecule has 1 aliphatic carbocycles. The zero-order valence-corrected chi connectivity index (χ0v) is 12.2. The fourth-order valence-electron chi connectivity index (χ4n) is 2.89. The maximum absolute atomic E-state index is 12.0. The summed E-state index contributed by atoms with van der Waals surface area (Å²) >= 11 is 0. The van der Waals surface area contributed by atoms with Gasteiger partial charge in [-0.05, 0) is 30.5 Å². The van der Waals surface area contributed by atoms with Gasteiger partial charge in [-0.25, -0.2) is 0 Å². The topological polar surface area (TPSA) is 79.3 Å². The number of pyridine rings is 1. The number of amides is 1. The van der Waals surface area contributed by atoms with E-state index in [-0.39, 0.29) is 18.9 Å². The minimum Gasteiger partial charge on any atom is -0.481 e. The summed E-state index contributed by atoms with van der Waals surface area (Å²) in [5, 5.41) is 12.4. The third-order valence-electron chi connectivity index (χ3n) is 4.25. The van der Waals surface area contributed by atoms with Crippen LogP contribution < -0.4 is 5.32 Å². The molecule has 21 heavy (non-hydrogen) atoms. The standard InChI is InChI=1S/C16H22N2O3/c19-14(11-13-5-9-17-10-6-13)18-12-16(15(20)21)7-3-1-2-4-8-16/h5-6,9-10H,1-4,7-8,11-12H2,(H,18,19)(H,20,21). The van der Waals surface area contributed by atoms with Gasteiger partial charge in [0.1, 0.15) is 0 Å². The molecule has 5 nitrogen and oxygen atoms in total. The third-order valence-corrected chi connectivity index (χ3v) is 4.25. The second-order valence-corrected chi connectivity index (χ2v) is 5.81. The van der Waals surface area contributed by atoms with Crippen LogP contribution in [0.5, 0.6) is 0 Å². The molecule has 0 spiro atoms. The zero-order valence-electron chi connectivity index (χ0n) is 12.2. The molecule has 1 aromatic heterocycles. The molecule has 2 N–H and O–H groups in total. The van der Waals surface area contributed by atoms with Crippen molar-refractivity contribution in [1.29, 1.82) is 0 Å². The maximum atomic E-state index is 12.0. The van der Waals surface area contributed by atoms with Gasteiger partial charge in [-0.1, -0.05) is 25.7 Å². The van der Waals surface area contributed by atoms with Crippen molar-refractivity contribution in [2.45, 2.75) is 44.9 Å². The van der Waals surface area contributed by atoms with E-state index in [1.807, 2.05) is 0 Å². The van der Waals surface area contributed by atoms with Crippen LogP contribution in [-0.4, -0.2) is 28.5 Å². The second-order valence-electron chi connectivity index (χ2n) is 5.81. The van der Waals surface area contributed by atoms with Crippen molar-refractivity contribution < 1.29 is 14.7 Å². The number of nitrogens with zero attached hydrogens (tertiary/aromatic N) is 1. The Labute approximate surface area is 124 Å². The lowest BCUT2D eigenvalue weighted by Gasteiger charge is -2.28. The summed E-state index contributed by atoms with van der Waals surface area (Å²) in [4.78, 5) is 27.5. The average Bonchev–Trinajstić information content (AvgIpc) is 2.73. The number of carbonyl (C=O) groups excluding carboxylic acids is 1. The maximum Gasteiger partial charge on any atom is 0.311 e. The number of hydrogen-bond acceptors (Lipinski definition) is 3. The molecule has 0 aliphatic heterocycles. The minimum absolute atomic E-state index is 0.133. The molecule has 1 fully saturated rings. The molecule has 1 saturated carbocycles. The normalized spacial score (nSPS) is 17.7. The molecule has 0 atom stereocenters. The summed E-state index contributed by atoms with van der Waals surface area (Å²) in [6.45, 7) is 0.228. The highest BCUT2D eigenvalue weighted by Crippen LogP contribution is 2.34. The summed E-state index contributed by atoms with van der Waals surface area (Å²) in [5.41, 5.74) is 0.0949. The molecule has 1 aromatic rings. The highest BCUT2D eigenvalue weighted by atomic mass is 16.4. The van der Waals surface area contributed by atoms with E-state index in [9.17, 15) is 14.7 Å². The van der Waals surface area contributed by atoms with Gasteiger partial charge in [0, 0.05) is 18.9 Å². The van der Waals surface area contributed by atoms with Gasteiger partial charge < -0.3 is 10.4 Å². The Bertz CT molecular complexity index is 480. The number of nitrogens with one attached hydrogen (secondary N) is 1. The van der Waals surface area contributed by atoms with Crippen molar-refractivity contribution in [1.82, 2.24) is 10.3 Å². The van der Waals surface area contributed by atoms with E-state index in [0.29, 0.717) is 12.8 Å². The van der Waals surface area contributed by atoms with Crippen LogP contribution in [0.25, 0.3) is 0 Å². The van der Waals surface area contributed by atoms with Crippen LogP contribution in [0.2, 0.25) is 0 Å². The summed E-state index contributed by atoms with van der Waals surface area (Å²) in [5.74, 6) is -0.917. The highest BCUT2D eigenvalue weighted by molar-refractivity contribution is 5.80.